The third-order valence-electron chi connectivity index (χ3n) is 3.66. The molecular weight excluding hydrogens is 260 g/mol. The molecule has 108 valence electrons. The van der Waals surface area contributed by atoms with E-state index in [1.807, 2.05) is 0 Å². The lowest BCUT2D eigenvalue weighted by Crippen LogP contribution is -2.33. The summed E-state index contributed by atoms with van der Waals surface area (Å²) < 4.78 is 10.1. The summed E-state index contributed by atoms with van der Waals surface area (Å²) in [5.74, 6) is 2.04. The molecule has 0 unspecified atom stereocenters. The van der Waals surface area contributed by atoms with E-state index < -0.39 is 5.60 Å². The van der Waals surface area contributed by atoms with Crippen LogP contribution in [0.4, 0.5) is 0 Å². The van der Waals surface area contributed by atoms with Crippen molar-refractivity contribution in [2.24, 2.45) is 0 Å². The summed E-state index contributed by atoms with van der Waals surface area (Å²) in [7, 11) is 0. The van der Waals surface area contributed by atoms with E-state index in [0.717, 1.165) is 25.7 Å². The standard InChI is InChI=1S/C13H18N4O3/c1-9-14-10(16-19-9)7-11-15-12(20-17-11)8-13(18)5-3-2-4-6-13/h18H,2-8H2,1H3. The van der Waals surface area contributed by atoms with E-state index in [0.29, 0.717) is 36.3 Å². The minimum absolute atomic E-state index is 0.374. The zero-order valence-corrected chi connectivity index (χ0v) is 11.5. The molecule has 0 saturated heterocycles. The van der Waals surface area contributed by atoms with Gasteiger partial charge in [-0.25, -0.2) is 0 Å². The smallest absolute Gasteiger partial charge is 0.229 e. The number of nitrogens with zero attached hydrogens (tertiary/aromatic N) is 4. The summed E-state index contributed by atoms with van der Waals surface area (Å²) in [6.07, 6.45) is 5.70. The Bertz CT molecular complexity index is 572. The number of rotatable bonds is 4. The average molecular weight is 278 g/mol. The fourth-order valence-electron chi connectivity index (χ4n) is 2.66. The summed E-state index contributed by atoms with van der Waals surface area (Å²) in [5.41, 5.74) is -0.690. The molecule has 0 amide bonds. The van der Waals surface area contributed by atoms with Gasteiger partial charge in [0.05, 0.1) is 18.4 Å². The van der Waals surface area contributed by atoms with Crippen LogP contribution in [0.2, 0.25) is 0 Å². The lowest BCUT2D eigenvalue weighted by molar-refractivity contribution is -0.00181. The molecule has 7 heteroatoms. The SMILES string of the molecule is Cc1nc(Cc2noc(CC3(O)CCCCC3)n2)no1. The molecule has 2 aromatic heterocycles. The summed E-state index contributed by atoms with van der Waals surface area (Å²) >= 11 is 0. The van der Waals surface area contributed by atoms with Crippen molar-refractivity contribution < 1.29 is 14.2 Å². The Balaban J connectivity index is 1.64. The van der Waals surface area contributed by atoms with Crippen molar-refractivity contribution in [1.82, 2.24) is 20.3 Å². The molecule has 1 N–H and O–H groups in total. The van der Waals surface area contributed by atoms with E-state index in [2.05, 4.69) is 20.3 Å². The third-order valence-corrected chi connectivity index (χ3v) is 3.66. The quantitative estimate of drug-likeness (QED) is 0.906. The summed E-state index contributed by atoms with van der Waals surface area (Å²) in [6, 6.07) is 0. The highest BCUT2D eigenvalue weighted by Gasteiger charge is 2.31. The van der Waals surface area contributed by atoms with Gasteiger partial charge in [-0.3, -0.25) is 0 Å². The van der Waals surface area contributed by atoms with Gasteiger partial charge in [-0.05, 0) is 12.8 Å². The van der Waals surface area contributed by atoms with Crippen LogP contribution in [0.1, 0.15) is 55.5 Å². The van der Waals surface area contributed by atoms with Crippen molar-refractivity contribution in [3.05, 3.63) is 23.4 Å². The molecule has 7 nitrogen and oxygen atoms in total. The first kappa shape index (κ1) is 13.2. The first-order valence-corrected chi connectivity index (χ1v) is 6.96. The van der Waals surface area contributed by atoms with E-state index >= 15 is 0 Å². The second-order valence-corrected chi connectivity index (χ2v) is 5.47. The number of aliphatic hydroxyl groups is 1. The molecule has 0 bridgehead atoms. The maximum Gasteiger partial charge on any atom is 0.229 e. The molecule has 0 aromatic carbocycles. The molecule has 0 atom stereocenters. The van der Waals surface area contributed by atoms with Crippen molar-refractivity contribution in [3.8, 4) is 0 Å². The Morgan fingerprint density at radius 1 is 1.05 bits per heavy atom. The van der Waals surface area contributed by atoms with E-state index in [4.69, 9.17) is 9.05 Å². The first-order valence-electron chi connectivity index (χ1n) is 6.96. The van der Waals surface area contributed by atoms with E-state index in [1.165, 1.54) is 6.42 Å². The molecule has 2 aromatic rings. The lowest BCUT2D eigenvalue weighted by Gasteiger charge is -2.30. The first-order chi connectivity index (χ1) is 9.63. The van der Waals surface area contributed by atoms with Gasteiger partial charge in [-0.2, -0.15) is 9.97 Å². The molecule has 1 aliphatic rings. The van der Waals surface area contributed by atoms with Gasteiger partial charge in [0.25, 0.3) is 0 Å². The maximum absolute atomic E-state index is 10.5. The Morgan fingerprint density at radius 3 is 2.45 bits per heavy atom. The van der Waals surface area contributed by atoms with Gasteiger partial charge < -0.3 is 14.2 Å². The minimum atomic E-state index is -0.690. The largest absolute Gasteiger partial charge is 0.389 e. The second-order valence-electron chi connectivity index (χ2n) is 5.47. The minimum Gasteiger partial charge on any atom is -0.389 e. The van der Waals surface area contributed by atoms with Crippen LogP contribution in [-0.4, -0.2) is 31.0 Å². The molecule has 0 radical (unpaired) electrons. The van der Waals surface area contributed by atoms with Crippen LogP contribution in [0, 0.1) is 6.92 Å². The van der Waals surface area contributed by atoms with Gasteiger partial charge in [-0.1, -0.05) is 29.6 Å². The van der Waals surface area contributed by atoms with Crippen LogP contribution < -0.4 is 0 Å². The number of hydrogen-bond donors (Lipinski definition) is 1. The van der Waals surface area contributed by atoms with Crippen molar-refractivity contribution in [3.63, 3.8) is 0 Å². The zero-order chi connectivity index (χ0) is 14.0. The Kier molecular flexibility index (Phi) is 3.52. The van der Waals surface area contributed by atoms with Crippen molar-refractivity contribution in [2.45, 2.75) is 57.5 Å². The molecular formula is C13H18N4O3. The van der Waals surface area contributed by atoms with Crippen LogP contribution in [0.5, 0.6) is 0 Å². The van der Waals surface area contributed by atoms with E-state index in [-0.39, 0.29) is 0 Å². The Hall–Kier alpha value is -1.76. The van der Waals surface area contributed by atoms with Gasteiger partial charge in [0.1, 0.15) is 0 Å². The van der Waals surface area contributed by atoms with Crippen molar-refractivity contribution >= 4 is 0 Å². The fraction of sp³-hybridized carbons (Fsp3) is 0.692. The van der Waals surface area contributed by atoms with Gasteiger partial charge in [-0.15, -0.1) is 0 Å². The van der Waals surface area contributed by atoms with E-state index in [1.54, 1.807) is 6.92 Å². The number of hydrogen-bond acceptors (Lipinski definition) is 7. The lowest BCUT2D eigenvalue weighted by atomic mass is 9.82. The molecule has 1 fully saturated rings. The highest BCUT2D eigenvalue weighted by molar-refractivity contribution is 5.00. The molecule has 1 saturated carbocycles. The Morgan fingerprint density at radius 2 is 1.75 bits per heavy atom. The summed E-state index contributed by atoms with van der Waals surface area (Å²) in [5, 5.41) is 18.2. The van der Waals surface area contributed by atoms with Crippen LogP contribution in [0.15, 0.2) is 9.05 Å². The molecule has 2 heterocycles. The molecule has 1 aliphatic carbocycles. The van der Waals surface area contributed by atoms with Crippen molar-refractivity contribution in [2.75, 3.05) is 0 Å². The van der Waals surface area contributed by atoms with Gasteiger partial charge in [0, 0.05) is 6.92 Å². The summed E-state index contributed by atoms with van der Waals surface area (Å²) in [4.78, 5) is 8.39. The number of aromatic nitrogens is 4. The average Bonchev–Trinajstić information content (AvgIpc) is 3.00. The molecule has 20 heavy (non-hydrogen) atoms. The van der Waals surface area contributed by atoms with Crippen LogP contribution in [0.3, 0.4) is 0 Å². The maximum atomic E-state index is 10.5. The second kappa shape index (κ2) is 5.32. The van der Waals surface area contributed by atoms with Crippen molar-refractivity contribution in [1.29, 1.82) is 0 Å². The van der Waals surface area contributed by atoms with Crippen LogP contribution in [-0.2, 0) is 12.8 Å². The third kappa shape index (κ3) is 3.04. The van der Waals surface area contributed by atoms with Gasteiger partial charge >= 0.3 is 0 Å². The topological polar surface area (TPSA) is 98.1 Å². The van der Waals surface area contributed by atoms with Gasteiger partial charge in [0.2, 0.25) is 11.8 Å². The highest BCUT2D eigenvalue weighted by Crippen LogP contribution is 2.30. The normalized spacial score (nSPS) is 18.3. The molecule has 0 spiro atoms. The molecule has 0 aliphatic heterocycles. The monoisotopic (exact) mass is 278 g/mol. The number of aryl methyl sites for hydroxylation is 1. The predicted octanol–water partition coefficient (Wildman–Crippen LogP) is 1.59. The van der Waals surface area contributed by atoms with Crippen LogP contribution in [0.25, 0.3) is 0 Å². The predicted molar refractivity (Wildman–Crippen MR) is 67.9 cm³/mol. The highest BCUT2D eigenvalue weighted by atomic mass is 16.5. The molecule has 3 rings (SSSR count). The van der Waals surface area contributed by atoms with Gasteiger partial charge in [0.15, 0.2) is 11.6 Å². The van der Waals surface area contributed by atoms with E-state index in [9.17, 15) is 5.11 Å². The zero-order valence-electron chi connectivity index (χ0n) is 11.5. The van der Waals surface area contributed by atoms with Crippen LogP contribution >= 0.6 is 0 Å². The Labute approximate surface area is 116 Å². The fourth-order valence-corrected chi connectivity index (χ4v) is 2.66. The summed E-state index contributed by atoms with van der Waals surface area (Å²) in [6.45, 7) is 1.73.